The Labute approximate surface area is 478 Å². The fourth-order valence-corrected chi connectivity index (χ4v) is 9.74. The van der Waals surface area contributed by atoms with E-state index in [0.29, 0.717) is 19.3 Å². The van der Waals surface area contributed by atoms with Crippen molar-refractivity contribution in [3.05, 3.63) is 72.9 Å². The summed E-state index contributed by atoms with van der Waals surface area (Å²) in [6.07, 6.45) is 84.8. The second-order valence-corrected chi connectivity index (χ2v) is 22.4. The fourth-order valence-electron chi connectivity index (χ4n) is 9.74. The topological polar surface area (TPSA) is 78.9 Å². The SMILES string of the molecule is CC/C=C\C/C=C\C/C=C\C/C=C\C/C=C\C/C=C\CCCCCCC(=O)OCC(COC(=O)CCCCCCCCCCCCCCCCC)OC(=O)CCCCCCCCCCCCCCCCCCCCCCC. The fraction of sp³-hybridized carbons (Fsp3) is 0.789. The molecule has 0 aromatic carbocycles. The first-order chi connectivity index (χ1) is 38.0. The number of hydrogen-bond donors (Lipinski definition) is 0. The number of ether oxygens (including phenoxy) is 3. The molecule has 0 radical (unpaired) electrons. The average molecular weight is 1080 g/mol. The second kappa shape index (κ2) is 65.4. The van der Waals surface area contributed by atoms with Crippen LogP contribution in [0.2, 0.25) is 0 Å². The van der Waals surface area contributed by atoms with Crippen molar-refractivity contribution in [3.63, 3.8) is 0 Å². The van der Waals surface area contributed by atoms with Gasteiger partial charge in [-0.3, -0.25) is 14.4 Å². The number of esters is 3. The molecule has 0 N–H and O–H groups in total. The number of allylic oxidation sites excluding steroid dienone is 12. The zero-order chi connectivity index (χ0) is 55.7. The van der Waals surface area contributed by atoms with Crippen LogP contribution >= 0.6 is 0 Å². The Kier molecular flexibility index (Phi) is 62.7. The Morgan fingerprint density at radius 2 is 0.506 bits per heavy atom. The third kappa shape index (κ3) is 63.6. The van der Waals surface area contributed by atoms with E-state index in [-0.39, 0.29) is 31.1 Å². The molecule has 77 heavy (non-hydrogen) atoms. The summed E-state index contributed by atoms with van der Waals surface area (Å²) in [7, 11) is 0. The zero-order valence-electron chi connectivity index (χ0n) is 51.2. The number of hydrogen-bond acceptors (Lipinski definition) is 6. The van der Waals surface area contributed by atoms with E-state index in [1.807, 2.05) is 0 Å². The quantitative estimate of drug-likeness (QED) is 0.0261. The standard InChI is InChI=1S/C71H126O6/c1-4-7-10-13-16-19-22-25-28-30-32-34-35-37-38-40-43-46-49-52-55-58-61-64-70(73)76-67-68(66-75-69(72)63-60-57-54-51-48-45-42-27-24-21-18-15-12-9-6-3)77-71(74)65-62-59-56-53-50-47-44-41-39-36-33-31-29-26-23-20-17-14-11-8-5-2/h7,10,16,19,25,28,32,34,37-38,43,46,68H,4-6,8-9,11-15,17-18,20-24,26-27,29-31,33,35-36,39-42,44-45,47-67H2,1-3H3/b10-7-,19-16-,28-25-,34-32-,38-37-,46-43-. The molecule has 0 amide bonds. The summed E-state index contributed by atoms with van der Waals surface area (Å²) in [5, 5.41) is 0. The number of unbranched alkanes of at least 4 members (excludes halogenated alkanes) is 38. The molecule has 6 heteroatoms. The van der Waals surface area contributed by atoms with Crippen LogP contribution in [0.3, 0.4) is 0 Å². The molecule has 446 valence electrons. The van der Waals surface area contributed by atoms with Gasteiger partial charge >= 0.3 is 17.9 Å². The van der Waals surface area contributed by atoms with E-state index in [0.717, 1.165) is 109 Å². The first-order valence-electron chi connectivity index (χ1n) is 33.4. The molecule has 0 rings (SSSR count). The molecule has 0 bridgehead atoms. The van der Waals surface area contributed by atoms with Crippen LogP contribution in [0.25, 0.3) is 0 Å². The van der Waals surface area contributed by atoms with E-state index in [4.69, 9.17) is 14.2 Å². The average Bonchev–Trinajstić information content (AvgIpc) is 3.43. The lowest BCUT2D eigenvalue weighted by molar-refractivity contribution is -0.167. The highest BCUT2D eigenvalue weighted by Crippen LogP contribution is 2.18. The maximum Gasteiger partial charge on any atom is 0.306 e. The molecule has 0 aromatic heterocycles. The van der Waals surface area contributed by atoms with Crippen molar-refractivity contribution in [3.8, 4) is 0 Å². The number of carbonyl (C=O) groups excluding carboxylic acids is 3. The Morgan fingerprint density at radius 3 is 0.792 bits per heavy atom. The minimum Gasteiger partial charge on any atom is -0.462 e. The molecular weight excluding hydrogens is 949 g/mol. The molecule has 0 saturated carbocycles. The zero-order valence-corrected chi connectivity index (χ0v) is 51.2. The summed E-state index contributed by atoms with van der Waals surface area (Å²) < 4.78 is 17.0. The van der Waals surface area contributed by atoms with E-state index in [2.05, 4.69) is 93.7 Å². The molecule has 0 fully saturated rings. The summed E-state index contributed by atoms with van der Waals surface area (Å²) in [5.74, 6) is -0.883. The van der Waals surface area contributed by atoms with Gasteiger partial charge in [-0.2, -0.15) is 0 Å². The van der Waals surface area contributed by atoms with Crippen LogP contribution in [0.15, 0.2) is 72.9 Å². The van der Waals surface area contributed by atoms with Crippen LogP contribution in [0.4, 0.5) is 0 Å². The first-order valence-corrected chi connectivity index (χ1v) is 33.4. The molecule has 1 atom stereocenters. The molecule has 0 saturated heterocycles. The van der Waals surface area contributed by atoms with E-state index < -0.39 is 6.10 Å². The Hall–Kier alpha value is -3.15. The molecule has 0 heterocycles. The molecule has 1 unspecified atom stereocenters. The van der Waals surface area contributed by atoms with Crippen LogP contribution in [-0.4, -0.2) is 37.2 Å². The van der Waals surface area contributed by atoms with Crippen molar-refractivity contribution in [2.75, 3.05) is 13.2 Å². The summed E-state index contributed by atoms with van der Waals surface area (Å²) in [5.41, 5.74) is 0. The van der Waals surface area contributed by atoms with Crippen LogP contribution in [0.1, 0.15) is 342 Å². The third-order valence-electron chi connectivity index (χ3n) is 14.7. The van der Waals surface area contributed by atoms with Gasteiger partial charge in [0.25, 0.3) is 0 Å². The number of rotatable bonds is 61. The lowest BCUT2D eigenvalue weighted by atomic mass is 10.0. The van der Waals surface area contributed by atoms with E-state index in [1.54, 1.807) is 0 Å². The van der Waals surface area contributed by atoms with Crippen molar-refractivity contribution < 1.29 is 28.6 Å². The van der Waals surface area contributed by atoms with Crippen molar-refractivity contribution in [1.82, 2.24) is 0 Å². The summed E-state index contributed by atoms with van der Waals surface area (Å²) in [4.78, 5) is 38.4. The lowest BCUT2D eigenvalue weighted by Crippen LogP contribution is -2.30. The normalized spacial score (nSPS) is 12.5. The maximum absolute atomic E-state index is 12.9. The van der Waals surface area contributed by atoms with Gasteiger partial charge in [-0.05, 0) is 70.6 Å². The van der Waals surface area contributed by atoms with E-state index in [1.165, 1.54) is 193 Å². The summed E-state index contributed by atoms with van der Waals surface area (Å²) in [6.45, 7) is 6.56. The first kappa shape index (κ1) is 73.8. The van der Waals surface area contributed by atoms with Crippen LogP contribution in [0.5, 0.6) is 0 Å². The minimum atomic E-state index is -0.784. The molecule has 6 nitrogen and oxygen atoms in total. The Balaban J connectivity index is 4.37. The Bertz CT molecular complexity index is 1420. The van der Waals surface area contributed by atoms with Gasteiger partial charge in [-0.25, -0.2) is 0 Å². The lowest BCUT2D eigenvalue weighted by Gasteiger charge is -2.18. The van der Waals surface area contributed by atoms with E-state index >= 15 is 0 Å². The predicted octanol–water partition coefficient (Wildman–Crippen LogP) is 22.9. The molecule has 0 spiro atoms. The van der Waals surface area contributed by atoms with Gasteiger partial charge in [0, 0.05) is 19.3 Å². The second-order valence-electron chi connectivity index (χ2n) is 22.4. The van der Waals surface area contributed by atoms with Crippen LogP contribution in [0, 0.1) is 0 Å². The van der Waals surface area contributed by atoms with Gasteiger partial charge in [0.1, 0.15) is 13.2 Å². The molecule has 0 aromatic rings. The highest BCUT2D eigenvalue weighted by Gasteiger charge is 2.19. The largest absolute Gasteiger partial charge is 0.462 e. The summed E-state index contributed by atoms with van der Waals surface area (Å²) >= 11 is 0. The van der Waals surface area contributed by atoms with Crippen molar-refractivity contribution in [1.29, 1.82) is 0 Å². The third-order valence-corrected chi connectivity index (χ3v) is 14.7. The van der Waals surface area contributed by atoms with E-state index in [9.17, 15) is 14.4 Å². The molecular formula is C71H126O6. The highest BCUT2D eigenvalue weighted by atomic mass is 16.6. The molecule has 0 aliphatic heterocycles. The Morgan fingerprint density at radius 1 is 0.273 bits per heavy atom. The predicted molar refractivity (Wildman–Crippen MR) is 335 cm³/mol. The summed E-state index contributed by atoms with van der Waals surface area (Å²) in [6, 6.07) is 0. The molecule has 0 aliphatic carbocycles. The smallest absolute Gasteiger partial charge is 0.306 e. The van der Waals surface area contributed by atoms with Gasteiger partial charge in [0.2, 0.25) is 0 Å². The maximum atomic E-state index is 12.9. The molecule has 0 aliphatic rings. The van der Waals surface area contributed by atoms with Crippen molar-refractivity contribution >= 4 is 17.9 Å². The minimum absolute atomic E-state index is 0.0789. The van der Waals surface area contributed by atoms with Gasteiger partial charge in [0.15, 0.2) is 6.10 Å². The van der Waals surface area contributed by atoms with Crippen LogP contribution < -0.4 is 0 Å². The van der Waals surface area contributed by atoms with Crippen LogP contribution in [-0.2, 0) is 28.6 Å². The highest BCUT2D eigenvalue weighted by molar-refractivity contribution is 5.71. The van der Waals surface area contributed by atoms with Gasteiger partial charge < -0.3 is 14.2 Å². The van der Waals surface area contributed by atoms with Gasteiger partial charge in [-0.15, -0.1) is 0 Å². The van der Waals surface area contributed by atoms with Gasteiger partial charge in [-0.1, -0.05) is 325 Å². The van der Waals surface area contributed by atoms with Crippen molar-refractivity contribution in [2.24, 2.45) is 0 Å². The monoisotopic (exact) mass is 1070 g/mol. The van der Waals surface area contributed by atoms with Crippen molar-refractivity contribution in [2.45, 2.75) is 348 Å². The van der Waals surface area contributed by atoms with Gasteiger partial charge in [0.05, 0.1) is 0 Å². The number of carbonyl (C=O) groups is 3.